The van der Waals surface area contributed by atoms with Crippen LogP contribution in [-0.4, -0.2) is 42.0 Å². The first-order chi connectivity index (χ1) is 8.09. The predicted octanol–water partition coefficient (Wildman–Crippen LogP) is 0.414. The van der Waals surface area contributed by atoms with E-state index in [0.29, 0.717) is 12.8 Å². The van der Waals surface area contributed by atoms with Crippen LogP contribution in [0.5, 0.6) is 0 Å². The summed E-state index contributed by atoms with van der Waals surface area (Å²) in [7, 11) is 1.23. The fraction of sp³-hybridized carbons (Fsp3) is 0.727. The lowest BCUT2D eigenvalue weighted by molar-refractivity contribution is -0.145. The minimum absolute atomic E-state index is 0.285. The molecule has 0 atom stereocenters. The van der Waals surface area contributed by atoms with Crippen molar-refractivity contribution in [3.63, 3.8) is 0 Å². The summed E-state index contributed by atoms with van der Waals surface area (Å²) in [4.78, 5) is 36.0. The lowest BCUT2D eigenvalue weighted by atomic mass is 9.82. The normalized spacial score (nSPS) is 22.8. The summed E-state index contributed by atoms with van der Waals surface area (Å²) < 4.78 is 4.47. The molecule has 1 N–H and O–H groups in total. The molecule has 1 aliphatic carbocycles. The van der Waals surface area contributed by atoms with Crippen LogP contribution in [0.1, 0.15) is 32.1 Å². The number of hydrogen-bond donors (Lipinski definition) is 1. The Bertz CT molecular complexity index is 360. The molecule has 1 spiro atoms. The molecule has 3 amide bonds. The zero-order valence-corrected chi connectivity index (χ0v) is 9.82. The van der Waals surface area contributed by atoms with Crippen LogP contribution in [-0.2, 0) is 14.3 Å². The Labute approximate surface area is 99.3 Å². The summed E-state index contributed by atoms with van der Waals surface area (Å²) in [5.41, 5.74) is -0.761. The summed E-state index contributed by atoms with van der Waals surface area (Å²) in [5.74, 6) is -0.867. The van der Waals surface area contributed by atoms with Gasteiger partial charge in [0.25, 0.3) is 5.91 Å². The van der Waals surface area contributed by atoms with E-state index < -0.39 is 17.5 Å². The number of hydrogen-bond acceptors (Lipinski definition) is 4. The summed E-state index contributed by atoms with van der Waals surface area (Å²) in [6.07, 6.45) is 4.27. The second-order valence-electron chi connectivity index (χ2n) is 4.54. The monoisotopic (exact) mass is 240 g/mol. The zero-order valence-electron chi connectivity index (χ0n) is 9.82. The number of nitrogens with one attached hydrogen (secondary N) is 1. The Hall–Kier alpha value is -1.59. The maximum atomic E-state index is 12.2. The van der Waals surface area contributed by atoms with Crippen molar-refractivity contribution in [2.45, 2.75) is 37.6 Å². The molecule has 2 rings (SSSR count). The highest BCUT2D eigenvalue weighted by molar-refractivity contribution is 6.08. The Morgan fingerprint density at radius 2 is 2.00 bits per heavy atom. The van der Waals surface area contributed by atoms with E-state index in [1.165, 1.54) is 7.11 Å². The standard InChI is InChI=1S/C11H16N2O4/c1-17-8(14)7-13-9(15)11(12-10(13)16)5-3-2-4-6-11/h2-7H2,1H3,(H,12,16). The third-order valence-electron chi connectivity index (χ3n) is 3.47. The van der Waals surface area contributed by atoms with E-state index in [9.17, 15) is 14.4 Å². The number of esters is 1. The van der Waals surface area contributed by atoms with Crippen molar-refractivity contribution in [2.24, 2.45) is 0 Å². The zero-order chi connectivity index (χ0) is 12.5. The summed E-state index contributed by atoms with van der Waals surface area (Å²) in [6.45, 7) is -0.303. The van der Waals surface area contributed by atoms with Crippen molar-refractivity contribution in [1.29, 1.82) is 0 Å². The van der Waals surface area contributed by atoms with Gasteiger partial charge in [0.1, 0.15) is 12.1 Å². The second kappa shape index (κ2) is 4.35. The molecule has 0 unspecified atom stereocenters. The number of amides is 3. The van der Waals surface area contributed by atoms with Gasteiger partial charge in [-0.15, -0.1) is 0 Å². The number of rotatable bonds is 2. The van der Waals surface area contributed by atoms with Crippen LogP contribution in [0.15, 0.2) is 0 Å². The third-order valence-corrected chi connectivity index (χ3v) is 3.47. The van der Waals surface area contributed by atoms with E-state index >= 15 is 0 Å². The van der Waals surface area contributed by atoms with Gasteiger partial charge in [0.2, 0.25) is 0 Å². The van der Waals surface area contributed by atoms with Crippen molar-refractivity contribution < 1.29 is 19.1 Å². The molecule has 2 fully saturated rings. The smallest absolute Gasteiger partial charge is 0.325 e. The van der Waals surface area contributed by atoms with Gasteiger partial charge in [-0.1, -0.05) is 19.3 Å². The summed E-state index contributed by atoms with van der Waals surface area (Å²) in [6, 6.07) is -0.484. The second-order valence-corrected chi connectivity index (χ2v) is 4.54. The average Bonchev–Trinajstić information content (AvgIpc) is 2.55. The van der Waals surface area contributed by atoms with Crippen LogP contribution < -0.4 is 5.32 Å². The van der Waals surface area contributed by atoms with Crippen LogP contribution in [0.4, 0.5) is 4.79 Å². The highest BCUT2D eigenvalue weighted by atomic mass is 16.5. The molecule has 2 aliphatic rings. The number of carbonyl (C=O) groups excluding carboxylic acids is 3. The van der Waals surface area contributed by atoms with Crippen molar-refractivity contribution in [1.82, 2.24) is 10.2 Å². The van der Waals surface area contributed by atoms with Crippen molar-refractivity contribution in [3.05, 3.63) is 0 Å². The van der Waals surface area contributed by atoms with Gasteiger partial charge >= 0.3 is 12.0 Å². The average molecular weight is 240 g/mol. The number of ether oxygens (including phenoxy) is 1. The molecule has 6 nitrogen and oxygen atoms in total. The van der Waals surface area contributed by atoms with Gasteiger partial charge in [-0.3, -0.25) is 14.5 Å². The maximum Gasteiger partial charge on any atom is 0.325 e. The Morgan fingerprint density at radius 3 is 2.59 bits per heavy atom. The number of methoxy groups -OCH3 is 1. The van der Waals surface area contributed by atoms with Gasteiger partial charge in [-0.2, -0.15) is 0 Å². The van der Waals surface area contributed by atoms with Crippen LogP contribution in [0, 0.1) is 0 Å². The molecule has 1 saturated carbocycles. The molecule has 6 heteroatoms. The highest BCUT2D eigenvalue weighted by Crippen LogP contribution is 2.33. The molecular formula is C11H16N2O4. The Morgan fingerprint density at radius 1 is 1.35 bits per heavy atom. The quantitative estimate of drug-likeness (QED) is 0.560. The Kier molecular flexibility index (Phi) is 3.04. The van der Waals surface area contributed by atoms with E-state index in [0.717, 1.165) is 24.2 Å². The van der Waals surface area contributed by atoms with Gasteiger partial charge in [0.15, 0.2) is 0 Å². The molecule has 0 aromatic carbocycles. The Balaban J connectivity index is 2.13. The molecule has 17 heavy (non-hydrogen) atoms. The lowest BCUT2D eigenvalue weighted by Gasteiger charge is -2.30. The lowest BCUT2D eigenvalue weighted by Crippen LogP contribution is -2.48. The maximum absolute atomic E-state index is 12.2. The van der Waals surface area contributed by atoms with Crippen LogP contribution in [0.3, 0.4) is 0 Å². The van der Waals surface area contributed by atoms with Gasteiger partial charge in [-0.05, 0) is 12.8 Å². The topological polar surface area (TPSA) is 75.7 Å². The molecule has 1 heterocycles. The van der Waals surface area contributed by atoms with E-state index in [1.54, 1.807) is 0 Å². The van der Waals surface area contributed by atoms with Crippen LogP contribution in [0.25, 0.3) is 0 Å². The number of carbonyl (C=O) groups is 3. The third kappa shape index (κ3) is 1.99. The molecule has 0 bridgehead atoms. The molecule has 0 radical (unpaired) electrons. The largest absolute Gasteiger partial charge is 0.468 e. The molecular weight excluding hydrogens is 224 g/mol. The van der Waals surface area contributed by atoms with Crippen molar-refractivity contribution >= 4 is 17.9 Å². The first-order valence-electron chi connectivity index (χ1n) is 5.80. The first-order valence-corrected chi connectivity index (χ1v) is 5.80. The van der Waals surface area contributed by atoms with Crippen LogP contribution >= 0.6 is 0 Å². The summed E-state index contributed by atoms with van der Waals surface area (Å²) in [5, 5.41) is 2.73. The van der Waals surface area contributed by atoms with E-state index in [4.69, 9.17) is 0 Å². The first kappa shape index (κ1) is 11.9. The number of imide groups is 1. The SMILES string of the molecule is COC(=O)CN1C(=O)NC2(CCCCC2)C1=O. The molecule has 0 aromatic heterocycles. The van der Waals surface area contributed by atoms with Gasteiger partial charge in [0, 0.05) is 0 Å². The van der Waals surface area contributed by atoms with E-state index in [-0.39, 0.29) is 12.5 Å². The van der Waals surface area contributed by atoms with Gasteiger partial charge in [-0.25, -0.2) is 4.79 Å². The van der Waals surface area contributed by atoms with Crippen molar-refractivity contribution in [3.8, 4) is 0 Å². The number of urea groups is 1. The fourth-order valence-corrected chi connectivity index (χ4v) is 2.51. The van der Waals surface area contributed by atoms with Crippen molar-refractivity contribution in [2.75, 3.05) is 13.7 Å². The van der Waals surface area contributed by atoms with Crippen LogP contribution in [0.2, 0.25) is 0 Å². The molecule has 1 saturated heterocycles. The minimum atomic E-state index is -0.761. The molecule has 1 aliphatic heterocycles. The summed E-state index contributed by atoms with van der Waals surface area (Å²) >= 11 is 0. The highest BCUT2D eigenvalue weighted by Gasteiger charge is 2.51. The molecule has 0 aromatic rings. The van der Waals surface area contributed by atoms with E-state index in [2.05, 4.69) is 10.1 Å². The fourth-order valence-electron chi connectivity index (χ4n) is 2.51. The van der Waals surface area contributed by atoms with E-state index in [1.807, 2.05) is 0 Å². The predicted molar refractivity (Wildman–Crippen MR) is 58.1 cm³/mol. The molecule has 94 valence electrons. The number of nitrogens with zero attached hydrogens (tertiary/aromatic N) is 1. The minimum Gasteiger partial charge on any atom is -0.468 e. The van der Waals surface area contributed by atoms with Gasteiger partial charge in [0.05, 0.1) is 7.11 Å². The van der Waals surface area contributed by atoms with Gasteiger partial charge < -0.3 is 10.1 Å².